The lowest BCUT2D eigenvalue weighted by Gasteiger charge is -2.06. The first kappa shape index (κ1) is 9.52. The highest BCUT2D eigenvalue weighted by Gasteiger charge is 2.20. The first-order valence-electron chi connectivity index (χ1n) is 4.77. The molecule has 1 aromatic rings. The Labute approximate surface area is 87.9 Å². The van der Waals surface area contributed by atoms with Gasteiger partial charge in [0.2, 0.25) is 5.95 Å². The van der Waals surface area contributed by atoms with E-state index in [1.54, 1.807) is 0 Å². The molecule has 76 valence electrons. The normalized spacial score (nSPS) is 15.5. The molecule has 0 bridgehead atoms. The number of halogens is 1. The van der Waals surface area contributed by atoms with Gasteiger partial charge in [0.1, 0.15) is 10.8 Å². The van der Waals surface area contributed by atoms with Crippen molar-refractivity contribution in [3.05, 3.63) is 11.2 Å². The molecule has 3 N–H and O–H groups in total. The van der Waals surface area contributed by atoms with E-state index in [1.807, 2.05) is 0 Å². The zero-order valence-corrected chi connectivity index (χ0v) is 8.59. The molecule has 1 aromatic heterocycles. The molecule has 0 radical (unpaired) electrons. The van der Waals surface area contributed by atoms with Crippen LogP contribution in [0.1, 0.15) is 19.3 Å². The summed E-state index contributed by atoms with van der Waals surface area (Å²) in [6.45, 7) is 0.904. The number of aromatic nitrogens is 2. The van der Waals surface area contributed by atoms with Crippen molar-refractivity contribution in [2.75, 3.05) is 17.6 Å². The highest BCUT2D eigenvalue weighted by atomic mass is 35.5. The molecule has 1 saturated carbocycles. The molecule has 1 aliphatic carbocycles. The minimum atomic E-state index is 0.253. The zero-order valence-electron chi connectivity index (χ0n) is 7.83. The van der Waals surface area contributed by atoms with Crippen LogP contribution in [0.2, 0.25) is 5.02 Å². The quantitative estimate of drug-likeness (QED) is 0.801. The summed E-state index contributed by atoms with van der Waals surface area (Å²) in [5, 5.41) is 3.69. The minimum Gasteiger partial charge on any atom is -0.369 e. The standard InChI is InChI=1S/C9H13ClN4/c10-7-5-13-9(11)14-8(7)12-4-3-6-1-2-6/h5-6H,1-4H2,(H3,11,12,13,14). The van der Waals surface area contributed by atoms with E-state index in [0.29, 0.717) is 10.8 Å². The van der Waals surface area contributed by atoms with Crippen molar-refractivity contribution in [3.8, 4) is 0 Å². The molecule has 1 aliphatic rings. The van der Waals surface area contributed by atoms with Crippen molar-refractivity contribution in [2.24, 2.45) is 5.92 Å². The molecular weight excluding hydrogens is 200 g/mol. The van der Waals surface area contributed by atoms with Crippen LogP contribution >= 0.6 is 11.6 Å². The Bertz CT molecular complexity index is 325. The van der Waals surface area contributed by atoms with Gasteiger partial charge in [-0.15, -0.1) is 0 Å². The lowest BCUT2D eigenvalue weighted by molar-refractivity contribution is 0.758. The molecule has 4 nitrogen and oxygen atoms in total. The fourth-order valence-corrected chi connectivity index (χ4v) is 1.46. The Morgan fingerprint density at radius 1 is 1.57 bits per heavy atom. The third kappa shape index (κ3) is 2.48. The third-order valence-electron chi connectivity index (χ3n) is 2.30. The number of nitrogens with one attached hydrogen (secondary N) is 1. The maximum atomic E-state index is 5.88. The van der Waals surface area contributed by atoms with Gasteiger partial charge in [0, 0.05) is 6.54 Å². The Hall–Kier alpha value is -1.03. The topological polar surface area (TPSA) is 63.8 Å². The summed E-state index contributed by atoms with van der Waals surface area (Å²) >= 11 is 5.88. The van der Waals surface area contributed by atoms with Gasteiger partial charge in [-0.2, -0.15) is 4.98 Å². The number of nitrogen functional groups attached to an aromatic ring is 1. The van der Waals surface area contributed by atoms with Gasteiger partial charge in [0.25, 0.3) is 0 Å². The van der Waals surface area contributed by atoms with Crippen LogP contribution in [0.15, 0.2) is 6.20 Å². The fourth-order valence-electron chi connectivity index (χ4n) is 1.31. The molecule has 14 heavy (non-hydrogen) atoms. The average molecular weight is 213 g/mol. The number of nitrogens with zero attached hydrogens (tertiary/aromatic N) is 2. The van der Waals surface area contributed by atoms with Gasteiger partial charge in [-0.3, -0.25) is 0 Å². The van der Waals surface area contributed by atoms with E-state index in [1.165, 1.54) is 25.5 Å². The van der Waals surface area contributed by atoms with Crippen molar-refractivity contribution >= 4 is 23.4 Å². The lowest BCUT2D eigenvalue weighted by atomic mass is 10.3. The van der Waals surface area contributed by atoms with E-state index in [4.69, 9.17) is 17.3 Å². The molecule has 5 heteroatoms. The minimum absolute atomic E-state index is 0.253. The zero-order chi connectivity index (χ0) is 9.97. The molecule has 0 aromatic carbocycles. The monoisotopic (exact) mass is 212 g/mol. The molecule has 0 unspecified atom stereocenters. The predicted octanol–water partition coefficient (Wildman–Crippen LogP) is 1.92. The van der Waals surface area contributed by atoms with E-state index in [-0.39, 0.29) is 5.95 Å². The van der Waals surface area contributed by atoms with E-state index in [2.05, 4.69) is 15.3 Å². The summed E-state index contributed by atoms with van der Waals surface area (Å²) in [4.78, 5) is 7.80. The van der Waals surface area contributed by atoms with Gasteiger partial charge in [-0.1, -0.05) is 24.4 Å². The van der Waals surface area contributed by atoms with E-state index >= 15 is 0 Å². The second-order valence-corrected chi connectivity index (χ2v) is 3.99. The highest BCUT2D eigenvalue weighted by Crippen LogP contribution is 2.32. The molecule has 2 rings (SSSR count). The number of nitrogens with two attached hydrogens (primary N) is 1. The number of anilines is 2. The number of rotatable bonds is 4. The maximum absolute atomic E-state index is 5.88. The Kier molecular flexibility index (Phi) is 2.72. The molecule has 1 heterocycles. The van der Waals surface area contributed by atoms with Crippen molar-refractivity contribution in [1.29, 1.82) is 0 Å². The summed E-state index contributed by atoms with van der Waals surface area (Å²) < 4.78 is 0. The third-order valence-corrected chi connectivity index (χ3v) is 2.58. The van der Waals surface area contributed by atoms with Crippen LogP contribution < -0.4 is 11.1 Å². The lowest BCUT2D eigenvalue weighted by Crippen LogP contribution is -2.06. The van der Waals surface area contributed by atoms with Gasteiger partial charge in [0.15, 0.2) is 0 Å². The maximum Gasteiger partial charge on any atom is 0.222 e. The van der Waals surface area contributed by atoms with Crippen LogP contribution in [-0.2, 0) is 0 Å². The summed E-state index contributed by atoms with van der Waals surface area (Å²) in [5.74, 6) is 1.79. The van der Waals surface area contributed by atoms with Crippen LogP contribution in [0, 0.1) is 5.92 Å². The summed E-state index contributed by atoms with van der Waals surface area (Å²) in [6, 6.07) is 0. The average Bonchev–Trinajstić information content (AvgIpc) is 2.95. The SMILES string of the molecule is Nc1ncc(Cl)c(NCCC2CC2)n1. The molecule has 1 fully saturated rings. The Balaban J connectivity index is 1.89. The Morgan fingerprint density at radius 3 is 3.07 bits per heavy atom. The van der Waals surface area contributed by atoms with Crippen molar-refractivity contribution in [2.45, 2.75) is 19.3 Å². The van der Waals surface area contributed by atoms with Crippen LogP contribution in [0.25, 0.3) is 0 Å². The smallest absolute Gasteiger partial charge is 0.222 e. The van der Waals surface area contributed by atoms with Gasteiger partial charge in [0.05, 0.1) is 6.20 Å². The van der Waals surface area contributed by atoms with Crippen molar-refractivity contribution in [3.63, 3.8) is 0 Å². The van der Waals surface area contributed by atoms with Crippen molar-refractivity contribution in [1.82, 2.24) is 9.97 Å². The van der Waals surface area contributed by atoms with Gasteiger partial charge < -0.3 is 11.1 Å². The molecule has 0 saturated heterocycles. The summed E-state index contributed by atoms with van der Waals surface area (Å²) in [7, 11) is 0. The predicted molar refractivity (Wildman–Crippen MR) is 57.3 cm³/mol. The van der Waals surface area contributed by atoms with Crippen LogP contribution in [0.3, 0.4) is 0 Å². The molecule has 0 spiro atoms. The molecular formula is C9H13ClN4. The number of hydrogen-bond acceptors (Lipinski definition) is 4. The second-order valence-electron chi connectivity index (χ2n) is 3.58. The summed E-state index contributed by atoms with van der Waals surface area (Å²) in [5.41, 5.74) is 5.45. The van der Waals surface area contributed by atoms with Gasteiger partial charge >= 0.3 is 0 Å². The number of hydrogen-bond donors (Lipinski definition) is 2. The van der Waals surface area contributed by atoms with E-state index in [0.717, 1.165) is 12.5 Å². The van der Waals surface area contributed by atoms with Crippen LogP contribution in [0.5, 0.6) is 0 Å². The van der Waals surface area contributed by atoms with Gasteiger partial charge in [-0.05, 0) is 12.3 Å². The highest BCUT2D eigenvalue weighted by molar-refractivity contribution is 6.32. The first-order valence-corrected chi connectivity index (χ1v) is 5.15. The molecule has 0 aliphatic heterocycles. The van der Waals surface area contributed by atoms with E-state index < -0.39 is 0 Å². The first-order chi connectivity index (χ1) is 6.75. The van der Waals surface area contributed by atoms with Crippen LogP contribution in [-0.4, -0.2) is 16.5 Å². The van der Waals surface area contributed by atoms with E-state index in [9.17, 15) is 0 Å². The van der Waals surface area contributed by atoms with Crippen molar-refractivity contribution < 1.29 is 0 Å². The van der Waals surface area contributed by atoms with Gasteiger partial charge in [-0.25, -0.2) is 4.98 Å². The summed E-state index contributed by atoms with van der Waals surface area (Å²) in [6.07, 6.45) is 5.42. The largest absolute Gasteiger partial charge is 0.369 e. The fraction of sp³-hybridized carbons (Fsp3) is 0.556. The van der Waals surface area contributed by atoms with Crippen LogP contribution in [0.4, 0.5) is 11.8 Å². The molecule has 0 atom stereocenters. The Morgan fingerprint density at radius 2 is 2.36 bits per heavy atom. The molecule has 0 amide bonds. The second kappa shape index (κ2) is 4.00.